The van der Waals surface area contributed by atoms with Crippen LogP contribution in [-0.4, -0.2) is 30.1 Å². The number of thioether (sulfide) groups is 1. The topological polar surface area (TPSA) is 118 Å². The van der Waals surface area contributed by atoms with Crippen molar-refractivity contribution in [1.82, 2.24) is 24.1 Å². The van der Waals surface area contributed by atoms with E-state index in [4.69, 9.17) is 5.41 Å². The van der Waals surface area contributed by atoms with Crippen LogP contribution in [0.25, 0.3) is 16.7 Å². The van der Waals surface area contributed by atoms with Gasteiger partial charge in [0, 0.05) is 19.0 Å². The molecule has 4 aromatic heterocycles. The molecule has 0 atom stereocenters. The number of carbonyl (C=O) groups excluding carboxylic acids is 1. The highest BCUT2D eigenvalue weighted by molar-refractivity contribution is 8.00. The van der Waals surface area contributed by atoms with Gasteiger partial charge in [-0.25, -0.2) is 9.37 Å². The maximum atomic E-state index is 13.8. The Hall–Kier alpha value is -3.90. The highest BCUT2D eigenvalue weighted by Crippen LogP contribution is 2.29. The third-order valence-electron chi connectivity index (χ3n) is 5.13. The van der Waals surface area contributed by atoms with E-state index in [0.29, 0.717) is 27.0 Å². The van der Waals surface area contributed by atoms with E-state index in [1.807, 2.05) is 0 Å². The second kappa shape index (κ2) is 8.80. The molecule has 5 aromatic rings. The van der Waals surface area contributed by atoms with Gasteiger partial charge in [-0.15, -0.1) is 10.2 Å². The number of aryl methyl sites for hydroxylation is 1. The Morgan fingerprint density at radius 2 is 2.00 bits per heavy atom. The Kier molecular flexibility index (Phi) is 5.67. The summed E-state index contributed by atoms with van der Waals surface area (Å²) in [5, 5.41) is 19.5. The molecule has 0 saturated heterocycles. The smallest absolute Gasteiger partial charge is 0.267 e. The molecule has 34 heavy (non-hydrogen) atoms. The van der Waals surface area contributed by atoms with Gasteiger partial charge in [0.2, 0.25) is 5.13 Å². The van der Waals surface area contributed by atoms with E-state index in [0.717, 1.165) is 11.3 Å². The second-order valence-corrected chi connectivity index (χ2v) is 9.46. The molecule has 170 valence electrons. The van der Waals surface area contributed by atoms with Crippen LogP contribution >= 0.6 is 23.1 Å². The molecule has 0 aliphatic carbocycles. The highest BCUT2D eigenvalue weighted by Gasteiger charge is 2.18. The van der Waals surface area contributed by atoms with E-state index in [9.17, 15) is 14.0 Å². The number of amides is 1. The molecule has 0 aliphatic rings. The first kappa shape index (κ1) is 21.9. The molecule has 0 bridgehead atoms. The lowest BCUT2D eigenvalue weighted by molar-refractivity contribution is 0.102. The molecule has 4 heterocycles. The lowest BCUT2D eigenvalue weighted by atomic mass is 10.2. The van der Waals surface area contributed by atoms with Gasteiger partial charge >= 0.3 is 0 Å². The van der Waals surface area contributed by atoms with E-state index in [2.05, 4.69) is 20.5 Å². The number of benzene rings is 1. The van der Waals surface area contributed by atoms with Crippen molar-refractivity contribution < 1.29 is 9.18 Å². The van der Waals surface area contributed by atoms with Crippen molar-refractivity contribution in [3.8, 4) is 0 Å². The number of carbonyl (C=O) groups is 1. The van der Waals surface area contributed by atoms with Crippen LogP contribution in [0.4, 0.5) is 9.52 Å². The molecule has 1 aromatic carbocycles. The van der Waals surface area contributed by atoms with Crippen LogP contribution in [0.15, 0.2) is 63.9 Å². The summed E-state index contributed by atoms with van der Waals surface area (Å²) in [5.41, 5.74) is 0.856. The summed E-state index contributed by atoms with van der Waals surface area (Å²) in [4.78, 5) is 30.4. The van der Waals surface area contributed by atoms with Crippen molar-refractivity contribution >= 4 is 50.8 Å². The standard InChI is InChI=1S/C22H16FN7O2S2/c1-29-17(24)13(10-14-18(29)25-16-8-4-5-9-30(16)20(14)32)19(31)26-21-27-28-22(34-21)33-11-12-6-2-3-7-15(12)23/h2-10,24H,11H2,1H3,(H,26,27,31). The summed E-state index contributed by atoms with van der Waals surface area (Å²) in [6.45, 7) is 0. The average molecular weight is 494 g/mol. The number of anilines is 1. The SMILES string of the molecule is Cn1c(=N)c(C(=O)Nc2nnc(SCc3ccccc3F)s2)cc2c(=O)n3ccccc3nc21. The van der Waals surface area contributed by atoms with Crippen molar-refractivity contribution in [2.45, 2.75) is 10.1 Å². The number of aromatic nitrogens is 5. The molecular weight excluding hydrogens is 477 g/mol. The minimum atomic E-state index is -0.595. The van der Waals surface area contributed by atoms with E-state index in [1.54, 1.807) is 49.6 Å². The van der Waals surface area contributed by atoms with Gasteiger partial charge in [-0.2, -0.15) is 0 Å². The Morgan fingerprint density at radius 3 is 2.82 bits per heavy atom. The normalized spacial score (nSPS) is 11.2. The van der Waals surface area contributed by atoms with Crippen molar-refractivity contribution in [2.75, 3.05) is 5.32 Å². The summed E-state index contributed by atoms with van der Waals surface area (Å²) in [6, 6.07) is 13.0. The Balaban J connectivity index is 1.42. The Labute approximate surface area is 199 Å². The lowest BCUT2D eigenvalue weighted by Gasteiger charge is -2.10. The predicted octanol–water partition coefficient (Wildman–Crippen LogP) is 3.20. The van der Waals surface area contributed by atoms with Gasteiger partial charge in [0.25, 0.3) is 11.5 Å². The number of halogens is 1. The number of rotatable bonds is 5. The summed E-state index contributed by atoms with van der Waals surface area (Å²) in [6.07, 6.45) is 1.60. The van der Waals surface area contributed by atoms with Gasteiger partial charge in [-0.05, 0) is 29.8 Å². The van der Waals surface area contributed by atoms with Crippen molar-refractivity contribution in [3.05, 3.63) is 87.5 Å². The molecule has 0 fully saturated rings. The minimum absolute atomic E-state index is 0.000501. The zero-order chi connectivity index (χ0) is 23.8. The molecule has 5 rings (SSSR count). The quantitative estimate of drug-likeness (QED) is 0.221. The molecule has 0 spiro atoms. The first-order valence-corrected chi connectivity index (χ1v) is 11.8. The van der Waals surface area contributed by atoms with Crippen LogP contribution in [0.2, 0.25) is 0 Å². The Bertz CT molecular complexity index is 1690. The van der Waals surface area contributed by atoms with E-state index >= 15 is 0 Å². The fourth-order valence-corrected chi connectivity index (χ4v) is 5.12. The van der Waals surface area contributed by atoms with Crippen LogP contribution in [0.3, 0.4) is 0 Å². The first-order chi connectivity index (χ1) is 16.4. The minimum Gasteiger partial charge on any atom is -0.313 e. The number of nitrogens with one attached hydrogen (secondary N) is 2. The number of fused-ring (bicyclic) bond motifs is 2. The predicted molar refractivity (Wildman–Crippen MR) is 128 cm³/mol. The third-order valence-corrected chi connectivity index (χ3v) is 7.15. The third kappa shape index (κ3) is 3.97. The molecule has 0 unspecified atom stereocenters. The maximum Gasteiger partial charge on any atom is 0.267 e. The molecule has 0 radical (unpaired) electrons. The fourth-order valence-electron chi connectivity index (χ4n) is 3.38. The van der Waals surface area contributed by atoms with Crippen LogP contribution in [0, 0.1) is 11.2 Å². The van der Waals surface area contributed by atoms with Gasteiger partial charge in [-0.3, -0.25) is 24.7 Å². The molecular formula is C22H16FN7O2S2. The van der Waals surface area contributed by atoms with E-state index < -0.39 is 5.91 Å². The van der Waals surface area contributed by atoms with Crippen LogP contribution in [0.5, 0.6) is 0 Å². The fraction of sp³-hybridized carbons (Fsp3) is 0.0909. The van der Waals surface area contributed by atoms with Gasteiger partial charge < -0.3 is 4.57 Å². The highest BCUT2D eigenvalue weighted by atomic mass is 32.2. The number of hydrogen-bond acceptors (Lipinski definition) is 8. The zero-order valence-corrected chi connectivity index (χ0v) is 19.3. The van der Waals surface area contributed by atoms with Gasteiger partial charge in [-0.1, -0.05) is 47.4 Å². The number of nitrogens with zero attached hydrogens (tertiary/aromatic N) is 5. The molecule has 0 saturated carbocycles. The van der Waals surface area contributed by atoms with Gasteiger partial charge in [0.15, 0.2) is 4.34 Å². The maximum absolute atomic E-state index is 13.8. The summed E-state index contributed by atoms with van der Waals surface area (Å²) in [7, 11) is 1.58. The van der Waals surface area contributed by atoms with Gasteiger partial charge in [0.05, 0.1) is 10.9 Å². The largest absolute Gasteiger partial charge is 0.313 e. The molecule has 1 amide bonds. The Morgan fingerprint density at radius 1 is 1.21 bits per heavy atom. The van der Waals surface area contributed by atoms with Crippen LogP contribution in [-0.2, 0) is 12.8 Å². The summed E-state index contributed by atoms with van der Waals surface area (Å²) in [5.74, 6) is -0.516. The van der Waals surface area contributed by atoms with Gasteiger partial charge in [0.1, 0.15) is 22.6 Å². The van der Waals surface area contributed by atoms with Crippen molar-refractivity contribution in [3.63, 3.8) is 0 Å². The molecule has 9 nitrogen and oxygen atoms in total. The van der Waals surface area contributed by atoms with E-state index in [1.165, 1.54) is 32.9 Å². The second-order valence-electron chi connectivity index (χ2n) is 7.26. The lowest BCUT2D eigenvalue weighted by Crippen LogP contribution is -2.30. The van der Waals surface area contributed by atoms with E-state index in [-0.39, 0.29) is 32.9 Å². The summed E-state index contributed by atoms with van der Waals surface area (Å²) >= 11 is 2.44. The number of hydrogen-bond donors (Lipinski definition) is 2. The average Bonchev–Trinajstić information content (AvgIpc) is 3.28. The van der Waals surface area contributed by atoms with Crippen LogP contribution < -0.4 is 16.4 Å². The molecule has 2 N–H and O–H groups in total. The molecule has 12 heteroatoms. The monoisotopic (exact) mass is 493 g/mol. The molecule has 0 aliphatic heterocycles. The number of pyridine rings is 2. The van der Waals surface area contributed by atoms with Crippen molar-refractivity contribution in [2.24, 2.45) is 7.05 Å². The van der Waals surface area contributed by atoms with Crippen LogP contribution in [0.1, 0.15) is 15.9 Å². The first-order valence-electron chi connectivity index (χ1n) is 9.99. The zero-order valence-electron chi connectivity index (χ0n) is 17.7. The van der Waals surface area contributed by atoms with Crippen molar-refractivity contribution in [1.29, 1.82) is 5.41 Å². The summed E-state index contributed by atoms with van der Waals surface area (Å²) < 4.78 is 17.1.